The summed E-state index contributed by atoms with van der Waals surface area (Å²) in [6.07, 6.45) is 0. The highest BCUT2D eigenvalue weighted by atomic mass is 35.5. The maximum Gasteiger partial charge on any atom is 0.166 e. The van der Waals surface area contributed by atoms with Crippen molar-refractivity contribution in [3.63, 3.8) is 0 Å². The van der Waals surface area contributed by atoms with Crippen molar-refractivity contribution < 1.29 is 4.74 Å². The van der Waals surface area contributed by atoms with Crippen LogP contribution in [0.1, 0.15) is 12.5 Å². The Bertz CT molecular complexity index is 415. The van der Waals surface area contributed by atoms with E-state index in [9.17, 15) is 0 Å². The van der Waals surface area contributed by atoms with Gasteiger partial charge in [0.05, 0.1) is 6.61 Å². The van der Waals surface area contributed by atoms with E-state index in [4.69, 9.17) is 40.2 Å². The number of nitrogens with one attached hydrogen (secondary N) is 2. The maximum absolute atomic E-state index is 6.06. The Morgan fingerprint density at radius 1 is 1.44 bits per heavy atom. The third-order valence-electron chi connectivity index (χ3n) is 2.25. The molecule has 0 fully saturated rings. The van der Waals surface area contributed by atoms with Crippen molar-refractivity contribution in [3.8, 4) is 0 Å². The molecule has 1 aromatic rings. The van der Waals surface area contributed by atoms with Crippen LogP contribution in [0.3, 0.4) is 0 Å². The van der Waals surface area contributed by atoms with Crippen LogP contribution in [0.4, 0.5) is 0 Å². The summed E-state index contributed by atoms with van der Waals surface area (Å²) in [4.78, 5) is 0. The Kier molecular flexibility index (Phi) is 6.71. The van der Waals surface area contributed by atoms with E-state index in [-0.39, 0.29) is 6.04 Å². The van der Waals surface area contributed by atoms with Crippen molar-refractivity contribution in [2.24, 2.45) is 0 Å². The fourth-order valence-electron chi connectivity index (χ4n) is 1.41. The van der Waals surface area contributed by atoms with Crippen molar-refractivity contribution in [1.29, 1.82) is 0 Å². The number of halogens is 2. The number of hydrogen-bond donors (Lipinski definition) is 2. The van der Waals surface area contributed by atoms with Gasteiger partial charge in [0, 0.05) is 29.7 Å². The van der Waals surface area contributed by atoms with Gasteiger partial charge in [-0.15, -0.1) is 0 Å². The highest BCUT2D eigenvalue weighted by molar-refractivity contribution is 7.80. The van der Waals surface area contributed by atoms with Crippen LogP contribution in [0.15, 0.2) is 18.2 Å². The minimum Gasteiger partial charge on any atom is -0.383 e. The molecule has 6 heteroatoms. The summed E-state index contributed by atoms with van der Waals surface area (Å²) >= 11 is 17.1. The fraction of sp³-hybridized carbons (Fsp3) is 0.417. The summed E-state index contributed by atoms with van der Waals surface area (Å²) in [5.41, 5.74) is 0.949. The molecule has 18 heavy (non-hydrogen) atoms. The first kappa shape index (κ1) is 15.5. The minimum atomic E-state index is 0.163. The Labute approximate surface area is 123 Å². The average Bonchev–Trinajstić information content (AvgIpc) is 2.28. The lowest BCUT2D eigenvalue weighted by Crippen LogP contribution is -2.42. The molecule has 2 N–H and O–H groups in total. The van der Waals surface area contributed by atoms with Crippen molar-refractivity contribution >= 4 is 40.5 Å². The summed E-state index contributed by atoms with van der Waals surface area (Å²) in [5, 5.41) is 8.02. The van der Waals surface area contributed by atoms with E-state index in [0.29, 0.717) is 28.3 Å². The van der Waals surface area contributed by atoms with Gasteiger partial charge < -0.3 is 15.4 Å². The van der Waals surface area contributed by atoms with Crippen LogP contribution in [0, 0.1) is 0 Å². The van der Waals surface area contributed by atoms with E-state index in [1.807, 2.05) is 13.0 Å². The molecule has 0 bridgehead atoms. The summed E-state index contributed by atoms with van der Waals surface area (Å²) < 4.78 is 5.01. The third kappa shape index (κ3) is 5.40. The van der Waals surface area contributed by atoms with Gasteiger partial charge in [-0.3, -0.25) is 0 Å². The topological polar surface area (TPSA) is 33.3 Å². The second-order valence-electron chi connectivity index (χ2n) is 3.92. The minimum absolute atomic E-state index is 0.163. The standard InChI is InChI=1S/C12H16Cl2N2OS/c1-8(7-17-2)16-12(18)15-6-9-3-4-10(13)5-11(9)14/h3-5,8H,6-7H2,1-2H3,(H2,15,16,18)/t8-/m1/s1. The molecule has 0 aliphatic carbocycles. The van der Waals surface area contributed by atoms with E-state index in [1.54, 1.807) is 19.2 Å². The van der Waals surface area contributed by atoms with Crippen LogP contribution in [0.25, 0.3) is 0 Å². The quantitative estimate of drug-likeness (QED) is 0.819. The highest BCUT2D eigenvalue weighted by Gasteiger charge is 2.05. The maximum atomic E-state index is 6.06. The number of thiocarbonyl (C=S) groups is 1. The molecular weight excluding hydrogens is 291 g/mol. The molecule has 1 rings (SSSR count). The number of benzene rings is 1. The molecule has 0 aliphatic heterocycles. The Balaban J connectivity index is 2.42. The molecule has 0 aliphatic rings. The molecule has 0 aromatic heterocycles. The van der Waals surface area contributed by atoms with E-state index < -0.39 is 0 Å². The van der Waals surface area contributed by atoms with E-state index in [1.165, 1.54) is 0 Å². The highest BCUT2D eigenvalue weighted by Crippen LogP contribution is 2.20. The van der Waals surface area contributed by atoms with Gasteiger partial charge in [0.1, 0.15) is 0 Å². The second kappa shape index (κ2) is 7.79. The van der Waals surface area contributed by atoms with Gasteiger partial charge in [0.25, 0.3) is 0 Å². The molecule has 0 spiro atoms. The Morgan fingerprint density at radius 3 is 2.78 bits per heavy atom. The Hall–Kier alpha value is -0.550. The van der Waals surface area contributed by atoms with Crippen molar-refractivity contribution in [3.05, 3.63) is 33.8 Å². The summed E-state index contributed by atoms with van der Waals surface area (Å²) in [5.74, 6) is 0. The molecule has 0 heterocycles. The monoisotopic (exact) mass is 306 g/mol. The van der Waals surface area contributed by atoms with Gasteiger partial charge in [-0.05, 0) is 36.8 Å². The summed E-state index contributed by atoms with van der Waals surface area (Å²) in [6.45, 7) is 3.15. The molecule has 0 radical (unpaired) electrons. The smallest absolute Gasteiger partial charge is 0.166 e. The van der Waals surface area contributed by atoms with Gasteiger partial charge in [0.15, 0.2) is 5.11 Å². The molecule has 0 unspecified atom stereocenters. The first-order chi connectivity index (χ1) is 8.52. The zero-order valence-electron chi connectivity index (χ0n) is 10.3. The van der Waals surface area contributed by atoms with Crippen LogP contribution in [0.5, 0.6) is 0 Å². The first-order valence-electron chi connectivity index (χ1n) is 5.50. The lowest BCUT2D eigenvalue weighted by molar-refractivity contribution is 0.179. The van der Waals surface area contributed by atoms with Gasteiger partial charge in [-0.25, -0.2) is 0 Å². The fourth-order valence-corrected chi connectivity index (χ4v) is 2.16. The number of ether oxygens (including phenoxy) is 1. The molecule has 3 nitrogen and oxygen atoms in total. The lowest BCUT2D eigenvalue weighted by atomic mass is 10.2. The molecule has 0 saturated heterocycles. The van der Waals surface area contributed by atoms with Crippen LogP contribution in [0.2, 0.25) is 10.0 Å². The summed E-state index contributed by atoms with van der Waals surface area (Å²) in [6, 6.07) is 5.55. The first-order valence-corrected chi connectivity index (χ1v) is 6.66. The van der Waals surface area contributed by atoms with Crippen molar-refractivity contribution in [2.75, 3.05) is 13.7 Å². The summed E-state index contributed by atoms with van der Waals surface area (Å²) in [7, 11) is 1.65. The van der Waals surface area contributed by atoms with Crippen LogP contribution >= 0.6 is 35.4 Å². The van der Waals surface area contributed by atoms with E-state index in [2.05, 4.69) is 10.6 Å². The van der Waals surface area contributed by atoms with Gasteiger partial charge in [0.2, 0.25) is 0 Å². The predicted molar refractivity (Wildman–Crippen MR) is 80.4 cm³/mol. The van der Waals surface area contributed by atoms with Gasteiger partial charge in [-0.1, -0.05) is 29.3 Å². The normalized spacial score (nSPS) is 12.0. The zero-order valence-corrected chi connectivity index (χ0v) is 12.6. The van der Waals surface area contributed by atoms with Crippen molar-refractivity contribution in [1.82, 2.24) is 10.6 Å². The number of rotatable bonds is 5. The SMILES string of the molecule is COC[C@@H](C)NC(=S)NCc1ccc(Cl)cc1Cl. The van der Waals surface area contributed by atoms with Gasteiger partial charge >= 0.3 is 0 Å². The Morgan fingerprint density at radius 2 is 2.17 bits per heavy atom. The van der Waals surface area contributed by atoms with E-state index in [0.717, 1.165) is 5.56 Å². The molecule has 0 saturated carbocycles. The largest absolute Gasteiger partial charge is 0.383 e. The lowest BCUT2D eigenvalue weighted by Gasteiger charge is -2.16. The molecule has 0 amide bonds. The van der Waals surface area contributed by atoms with E-state index >= 15 is 0 Å². The number of methoxy groups -OCH3 is 1. The molecule has 1 atom stereocenters. The van der Waals surface area contributed by atoms with Crippen LogP contribution in [-0.2, 0) is 11.3 Å². The third-order valence-corrected chi connectivity index (χ3v) is 3.10. The van der Waals surface area contributed by atoms with Crippen LogP contribution in [-0.4, -0.2) is 24.9 Å². The van der Waals surface area contributed by atoms with Crippen LogP contribution < -0.4 is 10.6 Å². The number of hydrogen-bond acceptors (Lipinski definition) is 2. The van der Waals surface area contributed by atoms with Gasteiger partial charge in [-0.2, -0.15) is 0 Å². The molecule has 100 valence electrons. The predicted octanol–water partition coefficient (Wildman–Crippen LogP) is 2.99. The van der Waals surface area contributed by atoms with Crippen molar-refractivity contribution in [2.45, 2.75) is 19.5 Å². The average molecular weight is 307 g/mol. The second-order valence-corrected chi connectivity index (χ2v) is 5.17. The molecular formula is C12H16Cl2N2OS. The molecule has 1 aromatic carbocycles. The zero-order chi connectivity index (χ0) is 13.5.